The molecule has 2 aromatic carbocycles. The number of carbonyl (C=O) groups excluding carboxylic acids is 2. The van der Waals surface area contributed by atoms with E-state index in [4.69, 9.17) is 14.2 Å². The summed E-state index contributed by atoms with van der Waals surface area (Å²) in [5.74, 6) is -1.40. The smallest absolute Gasteiger partial charge is 0.338 e. The standard InChI is InChI=1S/C19H17FO6/c20-17-16(26-19(23)13-9-5-2-6-10-13)15(21)14(25-17)11-24-18(22)12-7-3-1-4-8-12/h1-10,14-17,21H,11H2/t14-,15-,16-,17-/m1/s1. The minimum absolute atomic E-state index is 0.228. The Labute approximate surface area is 149 Å². The molecule has 1 heterocycles. The molecule has 6 nitrogen and oxygen atoms in total. The number of benzene rings is 2. The summed E-state index contributed by atoms with van der Waals surface area (Å²) in [7, 11) is 0. The quantitative estimate of drug-likeness (QED) is 0.823. The molecule has 1 fully saturated rings. The van der Waals surface area contributed by atoms with E-state index in [1.807, 2.05) is 0 Å². The van der Waals surface area contributed by atoms with Gasteiger partial charge in [0.25, 0.3) is 0 Å². The lowest BCUT2D eigenvalue weighted by atomic mass is 10.1. The van der Waals surface area contributed by atoms with E-state index in [1.165, 1.54) is 12.1 Å². The number of aliphatic hydroxyl groups excluding tert-OH is 1. The molecular formula is C19H17FO6. The molecule has 0 aromatic heterocycles. The van der Waals surface area contributed by atoms with Gasteiger partial charge in [-0.1, -0.05) is 36.4 Å². The van der Waals surface area contributed by atoms with E-state index in [1.54, 1.807) is 48.5 Å². The molecule has 2 aromatic rings. The summed E-state index contributed by atoms with van der Waals surface area (Å²) < 4.78 is 29.0. The summed E-state index contributed by atoms with van der Waals surface area (Å²) >= 11 is 0. The molecule has 0 aliphatic carbocycles. The first-order valence-electron chi connectivity index (χ1n) is 8.02. The molecule has 7 heteroatoms. The monoisotopic (exact) mass is 360 g/mol. The van der Waals surface area contributed by atoms with E-state index in [-0.39, 0.29) is 12.2 Å². The predicted molar refractivity (Wildman–Crippen MR) is 88.1 cm³/mol. The zero-order valence-corrected chi connectivity index (χ0v) is 13.7. The molecule has 3 rings (SSSR count). The van der Waals surface area contributed by atoms with Crippen molar-refractivity contribution in [2.75, 3.05) is 6.61 Å². The number of hydrogen-bond acceptors (Lipinski definition) is 6. The minimum Gasteiger partial charge on any atom is -0.459 e. The Balaban J connectivity index is 1.56. The van der Waals surface area contributed by atoms with Gasteiger partial charge in [0, 0.05) is 0 Å². The van der Waals surface area contributed by atoms with Crippen LogP contribution in [-0.2, 0) is 14.2 Å². The van der Waals surface area contributed by atoms with Crippen molar-refractivity contribution in [1.29, 1.82) is 0 Å². The Morgan fingerprint density at radius 3 is 2.08 bits per heavy atom. The highest BCUT2D eigenvalue weighted by atomic mass is 19.1. The summed E-state index contributed by atoms with van der Waals surface area (Å²) in [6.07, 6.45) is -6.10. The molecule has 1 N–H and O–H groups in total. The first-order valence-corrected chi connectivity index (χ1v) is 8.02. The fourth-order valence-corrected chi connectivity index (χ4v) is 2.53. The molecule has 1 saturated heterocycles. The number of esters is 2. The van der Waals surface area contributed by atoms with Gasteiger partial charge in [-0.25, -0.2) is 14.0 Å². The molecule has 0 saturated carbocycles. The average molecular weight is 360 g/mol. The molecule has 0 spiro atoms. The van der Waals surface area contributed by atoms with Crippen LogP contribution < -0.4 is 0 Å². The van der Waals surface area contributed by atoms with E-state index in [2.05, 4.69) is 0 Å². The molecule has 26 heavy (non-hydrogen) atoms. The number of ether oxygens (including phenoxy) is 3. The Morgan fingerprint density at radius 2 is 1.50 bits per heavy atom. The first-order chi connectivity index (χ1) is 12.6. The normalized spacial score (nSPS) is 24.8. The lowest BCUT2D eigenvalue weighted by molar-refractivity contribution is -0.0884. The second kappa shape index (κ2) is 8.07. The molecule has 0 unspecified atom stereocenters. The lowest BCUT2D eigenvalue weighted by Crippen LogP contribution is -2.37. The highest BCUT2D eigenvalue weighted by Crippen LogP contribution is 2.26. The van der Waals surface area contributed by atoms with Crippen LogP contribution in [0.1, 0.15) is 20.7 Å². The number of carbonyl (C=O) groups is 2. The first kappa shape index (κ1) is 18.0. The van der Waals surface area contributed by atoms with E-state index >= 15 is 0 Å². The fourth-order valence-electron chi connectivity index (χ4n) is 2.53. The largest absolute Gasteiger partial charge is 0.459 e. The summed E-state index contributed by atoms with van der Waals surface area (Å²) in [5.41, 5.74) is 0.551. The van der Waals surface area contributed by atoms with Gasteiger partial charge in [-0.2, -0.15) is 0 Å². The molecule has 1 aliphatic rings. The predicted octanol–water partition coefficient (Wildman–Crippen LogP) is 2.12. The number of aliphatic hydroxyl groups is 1. The van der Waals surface area contributed by atoms with Crippen LogP contribution in [0.15, 0.2) is 60.7 Å². The van der Waals surface area contributed by atoms with E-state index in [0.29, 0.717) is 5.56 Å². The van der Waals surface area contributed by atoms with Crippen LogP contribution >= 0.6 is 0 Å². The molecule has 136 valence electrons. The number of alkyl halides is 1. The van der Waals surface area contributed by atoms with Crippen molar-refractivity contribution in [3.05, 3.63) is 71.8 Å². The van der Waals surface area contributed by atoms with Crippen molar-refractivity contribution in [1.82, 2.24) is 0 Å². The Hall–Kier alpha value is -2.77. The maximum atomic E-state index is 14.0. The third kappa shape index (κ3) is 4.07. The average Bonchev–Trinajstić information content (AvgIpc) is 2.95. The number of hydrogen-bond donors (Lipinski definition) is 1. The van der Waals surface area contributed by atoms with Gasteiger partial charge in [0.1, 0.15) is 18.8 Å². The lowest BCUT2D eigenvalue weighted by Gasteiger charge is -2.17. The van der Waals surface area contributed by atoms with Gasteiger partial charge in [-0.3, -0.25) is 0 Å². The zero-order chi connectivity index (χ0) is 18.5. The van der Waals surface area contributed by atoms with Crippen molar-refractivity contribution in [2.24, 2.45) is 0 Å². The van der Waals surface area contributed by atoms with Crippen LogP contribution in [0.5, 0.6) is 0 Å². The second-order valence-corrected chi connectivity index (χ2v) is 5.72. The van der Waals surface area contributed by atoms with Gasteiger partial charge in [-0.15, -0.1) is 0 Å². The maximum Gasteiger partial charge on any atom is 0.338 e. The summed E-state index contributed by atoms with van der Waals surface area (Å²) in [6, 6.07) is 16.2. The van der Waals surface area contributed by atoms with E-state index < -0.39 is 36.6 Å². The van der Waals surface area contributed by atoms with Crippen LogP contribution in [0, 0.1) is 0 Å². The molecule has 0 amide bonds. The third-order valence-electron chi connectivity index (χ3n) is 3.92. The van der Waals surface area contributed by atoms with Crippen molar-refractivity contribution >= 4 is 11.9 Å². The van der Waals surface area contributed by atoms with Crippen LogP contribution in [0.25, 0.3) is 0 Å². The number of rotatable bonds is 5. The summed E-state index contributed by atoms with van der Waals surface area (Å²) in [6.45, 7) is -0.366. The van der Waals surface area contributed by atoms with Crippen molar-refractivity contribution in [2.45, 2.75) is 24.7 Å². The van der Waals surface area contributed by atoms with Gasteiger partial charge in [-0.05, 0) is 24.3 Å². The SMILES string of the molecule is O=C(OC[C@H]1O[C@@H](F)[C@H](OC(=O)c2ccccc2)[C@@H]1O)c1ccccc1. The van der Waals surface area contributed by atoms with Gasteiger partial charge in [0.15, 0.2) is 6.10 Å². The van der Waals surface area contributed by atoms with E-state index in [0.717, 1.165) is 0 Å². The summed E-state index contributed by atoms with van der Waals surface area (Å²) in [5, 5.41) is 10.2. The fraction of sp³-hybridized carbons (Fsp3) is 0.263. The summed E-state index contributed by atoms with van der Waals surface area (Å²) in [4.78, 5) is 23.9. The Bertz CT molecular complexity index is 751. The Kier molecular flexibility index (Phi) is 5.60. The maximum absolute atomic E-state index is 14.0. The van der Waals surface area contributed by atoms with Crippen LogP contribution in [0.2, 0.25) is 0 Å². The van der Waals surface area contributed by atoms with Crippen molar-refractivity contribution in [3.63, 3.8) is 0 Å². The highest BCUT2D eigenvalue weighted by molar-refractivity contribution is 5.89. The molecule has 4 atom stereocenters. The topological polar surface area (TPSA) is 82.1 Å². The van der Waals surface area contributed by atoms with Gasteiger partial charge in [0.05, 0.1) is 11.1 Å². The zero-order valence-electron chi connectivity index (χ0n) is 13.7. The van der Waals surface area contributed by atoms with Crippen molar-refractivity contribution < 1.29 is 33.3 Å². The van der Waals surface area contributed by atoms with Crippen LogP contribution in [0.4, 0.5) is 4.39 Å². The molecular weight excluding hydrogens is 343 g/mol. The van der Waals surface area contributed by atoms with Gasteiger partial charge in [0.2, 0.25) is 6.36 Å². The second-order valence-electron chi connectivity index (χ2n) is 5.72. The van der Waals surface area contributed by atoms with Crippen LogP contribution in [-0.4, -0.2) is 48.3 Å². The van der Waals surface area contributed by atoms with Crippen molar-refractivity contribution in [3.8, 4) is 0 Å². The van der Waals surface area contributed by atoms with Crippen LogP contribution in [0.3, 0.4) is 0 Å². The molecule has 0 radical (unpaired) electrons. The molecule has 0 bridgehead atoms. The third-order valence-corrected chi connectivity index (χ3v) is 3.92. The Morgan fingerprint density at radius 1 is 0.962 bits per heavy atom. The minimum atomic E-state index is -2.02. The van der Waals surface area contributed by atoms with Gasteiger partial charge >= 0.3 is 11.9 Å². The van der Waals surface area contributed by atoms with E-state index in [9.17, 15) is 19.1 Å². The molecule has 1 aliphatic heterocycles. The number of halogens is 1. The van der Waals surface area contributed by atoms with Gasteiger partial charge < -0.3 is 19.3 Å². The highest BCUT2D eigenvalue weighted by Gasteiger charge is 2.47.